The van der Waals surface area contributed by atoms with Crippen molar-refractivity contribution in [2.24, 2.45) is 0 Å². The molecule has 5 nitrogen and oxygen atoms in total. The number of H-pyrrole nitrogens is 1. The van der Waals surface area contributed by atoms with Gasteiger partial charge in [-0.1, -0.05) is 42.5 Å². The molecule has 3 aromatic carbocycles. The van der Waals surface area contributed by atoms with Gasteiger partial charge in [-0.25, -0.2) is 9.78 Å². The number of nitrogens with zero attached hydrogens (tertiary/aromatic N) is 1. The molecule has 1 N–H and O–H groups in total. The van der Waals surface area contributed by atoms with Crippen LogP contribution in [0.15, 0.2) is 66.7 Å². The molecule has 0 aliphatic heterocycles. The second kappa shape index (κ2) is 7.56. The predicted molar refractivity (Wildman–Crippen MR) is 109 cm³/mol. The van der Waals surface area contributed by atoms with Gasteiger partial charge in [0.2, 0.25) is 0 Å². The summed E-state index contributed by atoms with van der Waals surface area (Å²) in [5, 5.41) is 2.18. The number of rotatable bonds is 5. The second-order valence-corrected chi connectivity index (χ2v) is 6.28. The summed E-state index contributed by atoms with van der Waals surface area (Å²) in [5.74, 6) is 0.928. The molecule has 0 bridgehead atoms. The molecule has 0 radical (unpaired) electrons. The average molecular weight is 372 g/mol. The third kappa shape index (κ3) is 3.22. The van der Waals surface area contributed by atoms with E-state index >= 15 is 0 Å². The Kier molecular flexibility index (Phi) is 4.81. The average Bonchev–Trinajstić information content (AvgIpc) is 3.19. The lowest BCUT2D eigenvalue weighted by Crippen LogP contribution is -2.06. The van der Waals surface area contributed by atoms with Gasteiger partial charge in [0, 0.05) is 11.1 Å². The molecule has 0 aliphatic rings. The van der Waals surface area contributed by atoms with Crippen molar-refractivity contribution >= 4 is 16.7 Å². The molecular weight excluding hydrogens is 352 g/mol. The highest BCUT2D eigenvalue weighted by atomic mass is 16.5. The van der Waals surface area contributed by atoms with E-state index in [1.54, 1.807) is 14.0 Å². The standard InChI is InChI=1S/C23H20N2O3/c1-3-28-23(26)21-20(16-11-13-17(27-2)14-12-16)24-22(25-21)19-10-6-8-15-7-4-5-9-18(15)19/h4-14H,3H2,1-2H3,(H,24,25). The zero-order valence-electron chi connectivity index (χ0n) is 15.7. The number of aromatic nitrogens is 2. The Morgan fingerprint density at radius 1 is 1.00 bits per heavy atom. The van der Waals surface area contributed by atoms with Crippen molar-refractivity contribution in [2.45, 2.75) is 6.92 Å². The van der Waals surface area contributed by atoms with Crippen molar-refractivity contribution in [2.75, 3.05) is 13.7 Å². The summed E-state index contributed by atoms with van der Waals surface area (Å²) in [6, 6.07) is 21.6. The second-order valence-electron chi connectivity index (χ2n) is 6.28. The monoisotopic (exact) mass is 372 g/mol. The maximum absolute atomic E-state index is 12.5. The fourth-order valence-corrected chi connectivity index (χ4v) is 3.25. The van der Waals surface area contributed by atoms with Crippen molar-refractivity contribution < 1.29 is 14.3 Å². The quantitative estimate of drug-likeness (QED) is 0.496. The van der Waals surface area contributed by atoms with Crippen molar-refractivity contribution in [3.8, 4) is 28.4 Å². The highest BCUT2D eigenvalue weighted by Gasteiger charge is 2.21. The lowest BCUT2D eigenvalue weighted by Gasteiger charge is -2.04. The van der Waals surface area contributed by atoms with Crippen LogP contribution in [0.1, 0.15) is 17.4 Å². The predicted octanol–water partition coefficient (Wildman–Crippen LogP) is 5.08. The molecule has 140 valence electrons. The van der Waals surface area contributed by atoms with Gasteiger partial charge in [-0.3, -0.25) is 0 Å². The number of nitrogens with one attached hydrogen (secondary N) is 1. The molecule has 4 rings (SSSR count). The van der Waals surface area contributed by atoms with Gasteiger partial charge < -0.3 is 14.5 Å². The molecular formula is C23H20N2O3. The number of aromatic amines is 1. The number of imidazole rings is 1. The summed E-state index contributed by atoms with van der Waals surface area (Å²) in [4.78, 5) is 20.5. The molecule has 28 heavy (non-hydrogen) atoms. The zero-order chi connectivity index (χ0) is 19.5. The van der Waals surface area contributed by atoms with Crippen LogP contribution in [0.25, 0.3) is 33.4 Å². The highest BCUT2D eigenvalue weighted by Crippen LogP contribution is 2.31. The number of ether oxygens (including phenoxy) is 2. The van der Waals surface area contributed by atoms with Crippen LogP contribution >= 0.6 is 0 Å². The van der Waals surface area contributed by atoms with Gasteiger partial charge >= 0.3 is 5.97 Å². The molecule has 4 aromatic rings. The van der Waals surface area contributed by atoms with Crippen molar-refractivity contribution in [1.29, 1.82) is 0 Å². The number of hydrogen-bond acceptors (Lipinski definition) is 4. The van der Waals surface area contributed by atoms with E-state index in [4.69, 9.17) is 9.47 Å². The van der Waals surface area contributed by atoms with Crippen LogP contribution in [0.5, 0.6) is 5.75 Å². The number of carbonyl (C=O) groups is 1. The zero-order valence-corrected chi connectivity index (χ0v) is 15.7. The minimum Gasteiger partial charge on any atom is -0.497 e. The summed E-state index contributed by atoms with van der Waals surface area (Å²) in [6.45, 7) is 2.07. The van der Waals surface area contributed by atoms with Crippen LogP contribution < -0.4 is 4.74 Å². The van der Waals surface area contributed by atoms with Gasteiger partial charge in [0.1, 0.15) is 11.6 Å². The largest absolute Gasteiger partial charge is 0.497 e. The number of hydrogen-bond donors (Lipinski definition) is 1. The number of carbonyl (C=O) groups excluding carboxylic acids is 1. The lowest BCUT2D eigenvalue weighted by atomic mass is 10.0. The van der Waals surface area contributed by atoms with Crippen molar-refractivity contribution in [1.82, 2.24) is 9.97 Å². The van der Waals surface area contributed by atoms with E-state index < -0.39 is 5.97 Å². The van der Waals surface area contributed by atoms with Gasteiger partial charge in [0.25, 0.3) is 0 Å². The first-order valence-electron chi connectivity index (χ1n) is 9.11. The van der Waals surface area contributed by atoms with Gasteiger partial charge in [0.15, 0.2) is 5.69 Å². The summed E-state index contributed by atoms with van der Waals surface area (Å²) >= 11 is 0. The summed E-state index contributed by atoms with van der Waals surface area (Å²) < 4.78 is 10.5. The first-order chi connectivity index (χ1) is 13.7. The maximum Gasteiger partial charge on any atom is 0.359 e. The fourth-order valence-electron chi connectivity index (χ4n) is 3.25. The SMILES string of the molecule is CCOC(=O)c1nc(-c2cccc3ccccc23)[nH]c1-c1ccc(OC)cc1. The number of benzene rings is 3. The third-order valence-corrected chi connectivity index (χ3v) is 4.60. The first kappa shape index (κ1) is 17.8. The van der Waals surface area contributed by atoms with E-state index in [0.717, 1.165) is 27.6 Å². The minimum atomic E-state index is -0.448. The Hall–Kier alpha value is -3.60. The Morgan fingerprint density at radius 2 is 1.75 bits per heavy atom. The smallest absolute Gasteiger partial charge is 0.359 e. The number of fused-ring (bicyclic) bond motifs is 1. The number of esters is 1. The highest BCUT2D eigenvalue weighted by molar-refractivity contribution is 5.99. The molecule has 5 heteroatoms. The molecule has 0 amide bonds. The van der Waals surface area contributed by atoms with E-state index in [2.05, 4.69) is 22.1 Å². The summed E-state index contributed by atoms with van der Waals surface area (Å²) in [7, 11) is 1.62. The van der Waals surface area contributed by atoms with Crippen molar-refractivity contribution in [3.63, 3.8) is 0 Å². The third-order valence-electron chi connectivity index (χ3n) is 4.60. The van der Waals surface area contributed by atoms with E-state index in [0.29, 0.717) is 11.5 Å². The molecule has 0 spiro atoms. The van der Waals surface area contributed by atoms with Gasteiger partial charge in [-0.2, -0.15) is 0 Å². The van der Waals surface area contributed by atoms with Gasteiger partial charge in [-0.15, -0.1) is 0 Å². The van der Waals surface area contributed by atoms with Crippen LogP contribution in [0.2, 0.25) is 0 Å². The molecule has 0 fully saturated rings. The van der Waals surface area contributed by atoms with Crippen LogP contribution in [0.3, 0.4) is 0 Å². The summed E-state index contributed by atoms with van der Waals surface area (Å²) in [6.07, 6.45) is 0. The lowest BCUT2D eigenvalue weighted by molar-refractivity contribution is 0.0521. The van der Waals surface area contributed by atoms with E-state index in [9.17, 15) is 4.79 Å². The molecule has 1 aromatic heterocycles. The molecule has 0 aliphatic carbocycles. The Bertz CT molecular complexity index is 1130. The molecule has 0 saturated heterocycles. The Labute approximate surface area is 163 Å². The van der Waals surface area contributed by atoms with E-state index in [1.165, 1.54) is 0 Å². The number of methoxy groups -OCH3 is 1. The normalized spacial score (nSPS) is 10.8. The summed E-state index contributed by atoms with van der Waals surface area (Å²) in [5.41, 5.74) is 2.67. The minimum absolute atomic E-state index is 0.273. The van der Waals surface area contributed by atoms with Crippen LogP contribution in [0, 0.1) is 0 Å². The van der Waals surface area contributed by atoms with Gasteiger partial charge in [-0.05, 0) is 42.0 Å². The fraction of sp³-hybridized carbons (Fsp3) is 0.130. The van der Waals surface area contributed by atoms with Crippen LogP contribution in [-0.4, -0.2) is 29.7 Å². The molecule has 0 unspecified atom stereocenters. The van der Waals surface area contributed by atoms with Crippen LogP contribution in [-0.2, 0) is 4.74 Å². The molecule has 1 heterocycles. The topological polar surface area (TPSA) is 64.2 Å². The van der Waals surface area contributed by atoms with E-state index in [1.807, 2.05) is 54.6 Å². The van der Waals surface area contributed by atoms with Gasteiger partial charge in [0.05, 0.1) is 19.4 Å². The van der Waals surface area contributed by atoms with E-state index in [-0.39, 0.29) is 12.3 Å². The molecule has 0 saturated carbocycles. The van der Waals surface area contributed by atoms with Crippen molar-refractivity contribution in [3.05, 3.63) is 72.4 Å². The van der Waals surface area contributed by atoms with Crippen LogP contribution in [0.4, 0.5) is 0 Å². The first-order valence-corrected chi connectivity index (χ1v) is 9.11. The Morgan fingerprint density at radius 3 is 2.50 bits per heavy atom. The maximum atomic E-state index is 12.5. The molecule has 0 atom stereocenters. The Balaban J connectivity index is 1.88.